The van der Waals surface area contributed by atoms with E-state index in [0.717, 1.165) is 28.9 Å². The molecule has 0 saturated heterocycles. The van der Waals surface area contributed by atoms with E-state index in [2.05, 4.69) is 14.9 Å². The number of aryl methyl sites for hydroxylation is 3. The molecule has 0 bridgehead atoms. The maximum absolute atomic E-state index is 12.6. The number of nitrogens with one attached hydrogen (secondary N) is 1. The molecular weight excluding hydrogens is 344 g/mol. The first-order valence-electron chi connectivity index (χ1n) is 7.95. The Balaban J connectivity index is 1.80. The summed E-state index contributed by atoms with van der Waals surface area (Å²) >= 11 is 0. The zero-order valence-electron chi connectivity index (χ0n) is 14.8. The SMILES string of the molecule is Cc1cc(C)n(CC(=O)N2CCc3c(c(NS(C)(=O)=O)nn3C)C2)n1. The van der Waals surface area contributed by atoms with Gasteiger partial charge in [-0.3, -0.25) is 18.9 Å². The van der Waals surface area contributed by atoms with E-state index >= 15 is 0 Å². The van der Waals surface area contributed by atoms with E-state index in [1.165, 1.54) is 0 Å². The summed E-state index contributed by atoms with van der Waals surface area (Å²) in [4.78, 5) is 14.4. The molecule has 1 N–H and O–H groups in total. The second-order valence-corrected chi connectivity index (χ2v) is 8.17. The molecule has 0 unspecified atom stereocenters. The Labute approximate surface area is 146 Å². The fourth-order valence-corrected chi connectivity index (χ4v) is 3.64. The summed E-state index contributed by atoms with van der Waals surface area (Å²) in [5.74, 6) is 0.245. The van der Waals surface area contributed by atoms with Crippen LogP contribution < -0.4 is 4.72 Å². The van der Waals surface area contributed by atoms with Crippen LogP contribution in [0.4, 0.5) is 5.82 Å². The smallest absolute Gasteiger partial charge is 0.244 e. The molecule has 0 radical (unpaired) electrons. The van der Waals surface area contributed by atoms with Gasteiger partial charge in [0.2, 0.25) is 15.9 Å². The molecule has 1 aliphatic rings. The fraction of sp³-hybridized carbons (Fsp3) is 0.533. The van der Waals surface area contributed by atoms with Crippen molar-refractivity contribution in [2.45, 2.75) is 33.4 Å². The van der Waals surface area contributed by atoms with Gasteiger partial charge < -0.3 is 4.90 Å². The highest BCUT2D eigenvalue weighted by Crippen LogP contribution is 2.26. The lowest BCUT2D eigenvalue weighted by Gasteiger charge is -2.27. The van der Waals surface area contributed by atoms with Crippen LogP contribution in [-0.4, -0.2) is 51.6 Å². The lowest BCUT2D eigenvalue weighted by molar-refractivity contribution is -0.133. The average molecular weight is 366 g/mol. The van der Waals surface area contributed by atoms with Gasteiger partial charge in [0, 0.05) is 37.0 Å². The molecule has 0 spiro atoms. The lowest BCUT2D eigenvalue weighted by Crippen LogP contribution is -2.38. The van der Waals surface area contributed by atoms with Crippen molar-refractivity contribution in [2.24, 2.45) is 7.05 Å². The van der Waals surface area contributed by atoms with E-state index in [4.69, 9.17) is 0 Å². The third kappa shape index (κ3) is 3.68. The van der Waals surface area contributed by atoms with Crippen molar-refractivity contribution in [3.05, 3.63) is 28.7 Å². The molecule has 0 aromatic carbocycles. The molecule has 3 heterocycles. The van der Waals surface area contributed by atoms with Crippen LogP contribution in [0, 0.1) is 13.8 Å². The Kier molecular flexibility index (Phi) is 4.31. The Morgan fingerprint density at radius 3 is 2.64 bits per heavy atom. The summed E-state index contributed by atoms with van der Waals surface area (Å²) in [5.41, 5.74) is 3.50. The van der Waals surface area contributed by atoms with Crippen molar-refractivity contribution in [1.29, 1.82) is 0 Å². The summed E-state index contributed by atoms with van der Waals surface area (Å²) in [7, 11) is -1.65. The van der Waals surface area contributed by atoms with Crippen LogP contribution in [0.5, 0.6) is 0 Å². The molecule has 1 aliphatic heterocycles. The van der Waals surface area contributed by atoms with Crippen LogP contribution in [0.1, 0.15) is 22.6 Å². The third-order valence-electron chi connectivity index (χ3n) is 4.27. The van der Waals surface area contributed by atoms with Gasteiger partial charge in [-0.25, -0.2) is 8.42 Å². The van der Waals surface area contributed by atoms with Crippen molar-refractivity contribution in [3.8, 4) is 0 Å². The highest BCUT2D eigenvalue weighted by Gasteiger charge is 2.28. The number of hydrogen-bond acceptors (Lipinski definition) is 5. The molecule has 10 heteroatoms. The predicted octanol–water partition coefficient (Wildman–Crippen LogP) is 0.190. The summed E-state index contributed by atoms with van der Waals surface area (Å²) in [6.07, 6.45) is 1.72. The minimum atomic E-state index is -3.43. The fourth-order valence-electron chi connectivity index (χ4n) is 3.13. The Bertz CT molecular complexity index is 927. The molecule has 3 rings (SSSR count). The quantitative estimate of drug-likeness (QED) is 0.832. The van der Waals surface area contributed by atoms with E-state index < -0.39 is 10.0 Å². The first kappa shape index (κ1) is 17.5. The highest BCUT2D eigenvalue weighted by atomic mass is 32.2. The normalized spacial score (nSPS) is 14.5. The summed E-state index contributed by atoms with van der Waals surface area (Å²) in [6.45, 7) is 4.88. The van der Waals surface area contributed by atoms with Crippen LogP contribution in [0.3, 0.4) is 0 Å². The van der Waals surface area contributed by atoms with E-state index in [1.807, 2.05) is 19.9 Å². The van der Waals surface area contributed by atoms with Crippen molar-refractivity contribution < 1.29 is 13.2 Å². The second kappa shape index (κ2) is 6.17. The van der Waals surface area contributed by atoms with E-state index in [1.54, 1.807) is 21.3 Å². The number of anilines is 1. The number of fused-ring (bicyclic) bond motifs is 1. The van der Waals surface area contributed by atoms with Gasteiger partial charge in [-0.1, -0.05) is 0 Å². The number of rotatable bonds is 4. The largest absolute Gasteiger partial charge is 0.336 e. The number of carbonyl (C=O) groups excluding carboxylic acids is 1. The van der Waals surface area contributed by atoms with E-state index in [0.29, 0.717) is 25.3 Å². The number of sulfonamides is 1. The lowest BCUT2D eigenvalue weighted by atomic mass is 10.1. The summed E-state index contributed by atoms with van der Waals surface area (Å²) < 4.78 is 28.9. The molecule has 0 fully saturated rings. The maximum atomic E-state index is 12.6. The number of nitrogens with zero attached hydrogens (tertiary/aromatic N) is 5. The van der Waals surface area contributed by atoms with Crippen LogP contribution in [0.2, 0.25) is 0 Å². The highest BCUT2D eigenvalue weighted by molar-refractivity contribution is 7.92. The maximum Gasteiger partial charge on any atom is 0.244 e. The molecule has 9 nitrogen and oxygen atoms in total. The molecule has 1 amide bonds. The molecule has 0 atom stereocenters. The van der Waals surface area contributed by atoms with Gasteiger partial charge in [0.05, 0.1) is 18.5 Å². The zero-order valence-corrected chi connectivity index (χ0v) is 15.6. The number of aromatic nitrogens is 4. The first-order valence-corrected chi connectivity index (χ1v) is 9.84. The van der Waals surface area contributed by atoms with Crippen molar-refractivity contribution >= 4 is 21.7 Å². The zero-order chi connectivity index (χ0) is 18.4. The molecule has 25 heavy (non-hydrogen) atoms. The van der Waals surface area contributed by atoms with Crippen molar-refractivity contribution in [3.63, 3.8) is 0 Å². The summed E-state index contributed by atoms with van der Waals surface area (Å²) in [5, 5.41) is 8.56. The van der Waals surface area contributed by atoms with Crippen molar-refractivity contribution in [2.75, 3.05) is 17.5 Å². The Morgan fingerprint density at radius 2 is 2.04 bits per heavy atom. The van der Waals surface area contributed by atoms with Gasteiger partial charge in [-0.05, 0) is 19.9 Å². The number of hydrogen-bond donors (Lipinski definition) is 1. The van der Waals surface area contributed by atoms with Gasteiger partial charge in [0.1, 0.15) is 6.54 Å². The van der Waals surface area contributed by atoms with Crippen LogP contribution in [0.15, 0.2) is 6.07 Å². The Hall–Kier alpha value is -2.36. The van der Waals surface area contributed by atoms with Gasteiger partial charge >= 0.3 is 0 Å². The standard InChI is InChI=1S/C15H22N6O3S/c1-10-7-11(2)21(16-10)9-14(22)20-6-5-13-12(8-20)15(17-19(13)3)18-25(4,23)24/h7H,5-6,8-9H2,1-4H3,(H,17,18). The second-order valence-electron chi connectivity index (χ2n) is 6.42. The van der Waals surface area contributed by atoms with Gasteiger partial charge in [-0.15, -0.1) is 0 Å². The van der Waals surface area contributed by atoms with Crippen molar-refractivity contribution in [1.82, 2.24) is 24.5 Å². The topological polar surface area (TPSA) is 102 Å². The van der Waals surface area contributed by atoms with Gasteiger partial charge in [-0.2, -0.15) is 10.2 Å². The minimum absolute atomic E-state index is 0.0500. The first-order chi connectivity index (χ1) is 11.6. The molecule has 0 aliphatic carbocycles. The van der Waals surface area contributed by atoms with Crippen LogP contribution >= 0.6 is 0 Å². The third-order valence-corrected chi connectivity index (χ3v) is 4.83. The average Bonchev–Trinajstić information content (AvgIpc) is 2.97. The molecule has 2 aromatic heterocycles. The number of carbonyl (C=O) groups is 1. The molecule has 136 valence electrons. The molecule has 2 aromatic rings. The molecule has 0 saturated carbocycles. The predicted molar refractivity (Wildman–Crippen MR) is 92.5 cm³/mol. The summed E-state index contributed by atoms with van der Waals surface area (Å²) in [6, 6.07) is 1.93. The minimum Gasteiger partial charge on any atom is -0.336 e. The van der Waals surface area contributed by atoms with E-state index in [9.17, 15) is 13.2 Å². The number of amides is 1. The van der Waals surface area contributed by atoms with Crippen LogP contribution in [-0.2, 0) is 41.4 Å². The van der Waals surface area contributed by atoms with Gasteiger partial charge in [0.25, 0.3) is 0 Å². The Morgan fingerprint density at radius 1 is 1.32 bits per heavy atom. The van der Waals surface area contributed by atoms with Gasteiger partial charge in [0.15, 0.2) is 5.82 Å². The van der Waals surface area contributed by atoms with Crippen LogP contribution in [0.25, 0.3) is 0 Å². The monoisotopic (exact) mass is 366 g/mol. The molecular formula is C15H22N6O3S. The van der Waals surface area contributed by atoms with E-state index in [-0.39, 0.29) is 12.5 Å².